The van der Waals surface area contributed by atoms with Crippen molar-refractivity contribution in [2.24, 2.45) is 0 Å². The number of nitriles is 1. The molecule has 11 heavy (non-hydrogen) atoms. The summed E-state index contributed by atoms with van der Waals surface area (Å²) in [6, 6.07) is 3.60. The van der Waals surface area contributed by atoms with Gasteiger partial charge in [0.1, 0.15) is 6.07 Å². The van der Waals surface area contributed by atoms with Gasteiger partial charge in [-0.25, -0.2) is 0 Å². The number of hydrogen-bond acceptors (Lipinski definition) is 3. The number of aliphatic hydroxyl groups excluding tert-OH is 1. The summed E-state index contributed by atoms with van der Waals surface area (Å²) in [6.07, 6.45) is 1.49. The van der Waals surface area contributed by atoms with Crippen molar-refractivity contribution in [2.45, 2.75) is 13.5 Å². The maximum Gasteiger partial charge on any atom is 0.101 e. The van der Waals surface area contributed by atoms with Crippen molar-refractivity contribution in [1.82, 2.24) is 4.98 Å². The molecule has 0 saturated carbocycles. The van der Waals surface area contributed by atoms with Gasteiger partial charge >= 0.3 is 0 Å². The van der Waals surface area contributed by atoms with Gasteiger partial charge in [0.2, 0.25) is 0 Å². The van der Waals surface area contributed by atoms with Crippen LogP contribution in [-0.4, -0.2) is 10.1 Å². The minimum absolute atomic E-state index is 0.0612. The van der Waals surface area contributed by atoms with Crippen molar-refractivity contribution >= 4 is 0 Å². The van der Waals surface area contributed by atoms with Crippen LogP contribution in [0, 0.1) is 18.3 Å². The normalized spacial score (nSPS) is 9.18. The predicted molar refractivity (Wildman–Crippen MR) is 39.6 cm³/mol. The molecule has 1 rings (SSSR count). The first-order valence-electron chi connectivity index (χ1n) is 3.24. The van der Waals surface area contributed by atoms with E-state index in [1.165, 1.54) is 6.20 Å². The Morgan fingerprint density at radius 3 is 3.00 bits per heavy atom. The number of aliphatic hydroxyl groups is 1. The van der Waals surface area contributed by atoms with E-state index in [-0.39, 0.29) is 6.61 Å². The summed E-state index contributed by atoms with van der Waals surface area (Å²) in [4.78, 5) is 3.94. The number of pyridine rings is 1. The molecule has 1 heterocycles. The summed E-state index contributed by atoms with van der Waals surface area (Å²) < 4.78 is 0. The molecule has 0 bridgehead atoms. The molecule has 0 aromatic carbocycles. The number of aryl methyl sites for hydroxylation is 1. The predicted octanol–water partition coefficient (Wildman–Crippen LogP) is 0.754. The van der Waals surface area contributed by atoms with E-state index >= 15 is 0 Å². The van der Waals surface area contributed by atoms with Gasteiger partial charge in [-0.1, -0.05) is 0 Å². The summed E-state index contributed by atoms with van der Waals surface area (Å²) in [7, 11) is 0. The number of nitrogens with zero attached hydrogens (tertiary/aromatic N) is 2. The Morgan fingerprint density at radius 1 is 1.73 bits per heavy atom. The Morgan fingerprint density at radius 2 is 2.45 bits per heavy atom. The van der Waals surface area contributed by atoms with Crippen LogP contribution in [0.1, 0.15) is 16.8 Å². The zero-order chi connectivity index (χ0) is 8.27. The minimum Gasteiger partial charge on any atom is -0.392 e. The second kappa shape index (κ2) is 3.13. The topological polar surface area (TPSA) is 56.9 Å². The fourth-order valence-corrected chi connectivity index (χ4v) is 0.800. The van der Waals surface area contributed by atoms with Crippen molar-refractivity contribution in [3.8, 4) is 6.07 Å². The zero-order valence-electron chi connectivity index (χ0n) is 6.20. The van der Waals surface area contributed by atoms with Gasteiger partial charge in [0.25, 0.3) is 0 Å². The van der Waals surface area contributed by atoms with Crippen molar-refractivity contribution in [2.75, 3.05) is 0 Å². The highest BCUT2D eigenvalue weighted by Crippen LogP contribution is 2.06. The highest BCUT2D eigenvalue weighted by molar-refractivity contribution is 5.31. The van der Waals surface area contributed by atoms with Crippen LogP contribution in [0.2, 0.25) is 0 Å². The Kier molecular flexibility index (Phi) is 2.19. The lowest BCUT2D eigenvalue weighted by Gasteiger charge is -1.99. The van der Waals surface area contributed by atoms with Crippen LogP contribution in [0.25, 0.3) is 0 Å². The molecule has 0 fully saturated rings. The van der Waals surface area contributed by atoms with E-state index in [9.17, 15) is 0 Å². The lowest BCUT2D eigenvalue weighted by Crippen LogP contribution is -1.92. The third-order valence-corrected chi connectivity index (χ3v) is 1.49. The van der Waals surface area contributed by atoms with Crippen molar-refractivity contribution in [3.05, 3.63) is 29.1 Å². The molecule has 1 aromatic rings. The monoisotopic (exact) mass is 148 g/mol. The molecule has 0 radical (unpaired) electrons. The molecule has 0 saturated heterocycles. The third-order valence-electron chi connectivity index (χ3n) is 1.49. The zero-order valence-corrected chi connectivity index (χ0v) is 6.20. The maximum absolute atomic E-state index is 8.79. The molecule has 0 amide bonds. The van der Waals surface area contributed by atoms with Gasteiger partial charge < -0.3 is 5.11 Å². The van der Waals surface area contributed by atoms with Crippen LogP contribution >= 0.6 is 0 Å². The average Bonchev–Trinajstić information content (AvgIpc) is 2.05. The molecule has 0 aliphatic rings. The smallest absolute Gasteiger partial charge is 0.101 e. The van der Waals surface area contributed by atoms with Crippen molar-refractivity contribution in [3.63, 3.8) is 0 Å². The summed E-state index contributed by atoms with van der Waals surface area (Å²) >= 11 is 0. The first-order valence-corrected chi connectivity index (χ1v) is 3.24. The highest BCUT2D eigenvalue weighted by atomic mass is 16.3. The summed E-state index contributed by atoms with van der Waals surface area (Å²) in [5, 5.41) is 17.3. The van der Waals surface area contributed by atoms with Gasteiger partial charge in [0, 0.05) is 11.9 Å². The van der Waals surface area contributed by atoms with Gasteiger partial charge in [0.05, 0.1) is 12.2 Å². The van der Waals surface area contributed by atoms with Crippen LogP contribution in [-0.2, 0) is 6.61 Å². The van der Waals surface area contributed by atoms with Gasteiger partial charge in [-0.05, 0) is 18.6 Å². The average molecular weight is 148 g/mol. The Labute approximate surface area is 64.9 Å². The standard InChI is InChI=1S/C8H8N2O/c1-6-8(5-11)2-7(3-9)4-10-6/h2,4,11H,5H2,1H3. The molecule has 56 valence electrons. The molecular formula is C8H8N2O. The van der Waals surface area contributed by atoms with Crippen LogP contribution in [0.5, 0.6) is 0 Å². The third kappa shape index (κ3) is 1.54. The first-order chi connectivity index (χ1) is 5.27. The molecule has 0 spiro atoms. The molecule has 0 unspecified atom stereocenters. The van der Waals surface area contributed by atoms with Crippen LogP contribution < -0.4 is 0 Å². The lowest BCUT2D eigenvalue weighted by atomic mass is 10.2. The summed E-state index contributed by atoms with van der Waals surface area (Å²) in [5.74, 6) is 0. The maximum atomic E-state index is 8.79. The van der Waals surface area contributed by atoms with E-state index in [1.54, 1.807) is 13.0 Å². The lowest BCUT2D eigenvalue weighted by molar-refractivity contribution is 0.280. The van der Waals surface area contributed by atoms with E-state index in [2.05, 4.69) is 4.98 Å². The molecular weight excluding hydrogens is 140 g/mol. The van der Waals surface area contributed by atoms with Gasteiger partial charge in [-0.15, -0.1) is 0 Å². The molecule has 0 atom stereocenters. The second-order valence-corrected chi connectivity index (χ2v) is 2.24. The van der Waals surface area contributed by atoms with E-state index < -0.39 is 0 Å². The van der Waals surface area contributed by atoms with Crippen LogP contribution in [0.3, 0.4) is 0 Å². The highest BCUT2D eigenvalue weighted by Gasteiger charge is 1.98. The Balaban J connectivity index is 3.15. The van der Waals surface area contributed by atoms with Crippen molar-refractivity contribution in [1.29, 1.82) is 5.26 Å². The molecule has 0 aliphatic heterocycles. The van der Waals surface area contributed by atoms with Gasteiger partial charge in [-0.3, -0.25) is 4.98 Å². The number of aromatic nitrogens is 1. The minimum atomic E-state index is -0.0612. The number of rotatable bonds is 1. The van der Waals surface area contributed by atoms with E-state index in [0.29, 0.717) is 11.1 Å². The van der Waals surface area contributed by atoms with E-state index in [0.717, 1.165) is 5.69 Å². The first kappa shape index (κ1) is 7.70. The Hall–Kier alpha value is -1.40. The fraction of sp³-hybridized carbons (Fsp3) is 0.250. The largest absolute Gasteiger partial charge is 0.392 e. The SMILES string of the molecule is Cc1ncc(C#N)cc1CO. The molecule has 0 aliphatic carbocycles. The molecule has 3 nitrogen and oxygen atoms in total. The fourth-order valence-electron chi connectivity index (χ4n) is 0.800. The van der Waals surface area contributed by atoms with Crippen LogP contribution in [0.15, 0.2) is 12.3 Å². The second-order valence-electron chi connectivity index (χ2n) is 2.24. The van der Waals surface area contributed by atoms with E-state index in [4.69, 9.17) is 10.4 Å². The number of hydrogen-bond donors (Lipinski definition) is 1. The Bertz CT molecular complexity index is 301. The molecule has 3 heteroatoms. The van der Waals surface area contributed by atoms with Crippen LogP contribution in [0.4, 0.5) is 0 Å². The summed E-state index contributed by atoms with van der Waals surface area (Å²) in [6.45, 7) is 1.74. The van der Waals surface area contributed by atoms with Gasteiger partial charge in [0.15, 0.2) is 0 Å². The molecule has 1 aromatic heterocycles. The quantitative estimate of drug-likeness (QED) is 0.639. The van der Waals surface area contributed by atoms with Gasteiger partial charge in [-0.2, -0.15) is 5.26 Å². The molecule has 1 N–H and O–H groups in total. The van der Waals surface area contributed by atoms with Crippen molar-refractivity contribution < 1.29 is 5.11 Å². The summed E-state index contributed by atoms with van der Waals surface area (Å²) in [5.41, 5.74) is 1.97. The van der Waals surface area contributed by atoms with E-state index in [1.807, 2.05) is 6.07 Å².